The van der Waals surface area contributed by atoms with E-state index in [2.05, 4.69) is 11.4 Å². The second-order valence-corrected chi connectivity index (χ2v) is 12.5. The molecular formula is C26H28ClN3O4S2. The summed E-state index contributed by atoms with van der Waals surface area (Å²) in [5, 5.41) is 8.37. The van der Waals surface area contributed by atoms with Crippen LogP contribution in [0.2, 0.25) is 4.34 Å². The van der Waals surface area contributed by atoms with Crippen LogP contribution in [0, 0.1) is 0 Å². The Bertz CT molecular complexity index is 1490. The fraction of sp³-hybridized carbons (Fsp3) is 0.308. The number of Topliss-reactive ketones (excluding diaryl/α,β-unsaturated/α-hetero) is 1. The molecule has 1 atom stereocenters. The number of carbonyl (C=O) groups is 1. The third kappa shape index (κ3) is 5.81. The van der Waals surface area contributed by atoms with Crippen LogP contribution in [0.1, 0.15) is 30.2 Å². The van der Waals surface area contributed by atoms with Crippen molar-refractivity contribution in [2.45, 2.75) is 42.3 Å². The maximum Gasteiger partial charge on any atom is 0.193 e. The zero-order valence-electron chi connectivity index (χ0n) is 20.3. The van der Waals surface area contributed by atoms with Crippen molar-refractivity contribution in [3.8, 4) is 5.75 Å². The Morgan fingerprint density at radius 1 is 1.17 bits per heavy atom. The number of thiophene rings is 1. The van der Waals surface area contributed by atoms with Gasteiger partial charge in [0, 0.05) is 6.42 Å². The normalized spacial score (nSPS) is 12.7. The van der Waals surface area contributed by atoms with Gasteiger partial charge in [0.1, 0.15) is 21.5 Å². The molecule has 0 saturated heterocycles. The first-order chi connectivity index (χ1) is 17.2. The number of hydrogen-bond acceptors (Lipinski definition) is 7. The molecule has 2 aromatic heterocycles. The van der Waals surface area contributed by atoms with Gasteiger partial charge in [-0.05, 0) is 55.8 Å². The number of hydrogen-bond donors (Lipinski definition) is 1. The summed E-state index contributed by atoms with van der Waals surface area (Å²) in [6.45, 7) is 2.31. The van der Waals surface area contributed by atoms with Crippen molar-refractivity contribution in [1.82, 2.24) is 15.1 Å². The number of benzene rings is 2. The Kier molecular flexibility index (Phi) is 8.14. The van der Waals surface area contributed by atoms with Gasteiger partial charge in [0.25, 0.3) is 0 Å². The van der Waals surface area contributed by atoms with E-state index in [9.17, 15) is 13.2 Å². The molecule has 0 radical (unpaired) electrons. The Balaban J connectivity index is 1.64. The first-order valence-corrected chi connectivity index (χ1v) is 14.3. The minimum Gasteiger partial charge on any atom is -0.496 e. The van der Waals surface area contributed by atoms with Gasteiger partial charge >= 0.3 is 0 Å². The zero-order chi connectivity index (χ0) is 25.9. The Morgan fingerprint density at radius 2 is 1.92 bits per heavy atom. The number of halogens is 1. The molecular weight excluding hydrogens is 518 g/mol. The van der Waals surface area contributed by atoms with E-state index in [-0.39, 0.29) is 21.8 Å². The predicted molar refractivity (Wildman–Crippen MR) is 144 cm³/mol. The van der Waals surface area contributed by atoms with Crippen LogP contribution >= 0.6 is 22.9 Å². The predicted octanol–water partition coefficient (Wildman–Crippen LogP) is 4.89. The number of aromatic nitrogens is 2. The molecule has 0 unspecified atom stereocenters. The minimum absolute atomic E-state index is 0.168. The molecule has 10 heteroatoms. The Labute approximate surface area is 220 Å². The molecule has 0 amide bonds. The molecule has 0 saturated carbocycles. The van der Waals surface area contributed by atoms with E-state index in [1.807, 2.05) is 37.3 Å². The number of likely N-dealkylation sites (N-methyl/N-ethyl adjacent to an activating group) is 1. The van der Waals surface area contributed by atoms with Crippen LogP contribution in [0.5, 0.6) is 5.75 Å². The van der Waals surface area contributed by atoms with Gasteiger partial charge < -0.3 is 10.1 Å². The first kappa shape index (κ1) is 26.3. The third-order valence-electron chi connectivity index (χ3n) is 6.11. The molecule has 0 spiro atoms. The highest BCUT2D eigenvalue weighted by molar-refractivity contribution is 7.92. The number of sulfone groups is 1. The van der Waals surface area contributed by atoms with Gasteiger partial charge in [0.15, 0.2) is 9.84 Å². The van der Waals surface area contributed by atoms with E-state index >= 15 is 0 Å². The van der Waals surface area contributed by atoms with E-state index in [1.165, 1.54) is 6.07 Å². The molecule has 190 valence electrons. The summed E-state index contributed by atoms with van der Waals surface area (Å²) in [4.78, 5) is 12.2. The van der Waals surface area contributed by atoms with Crippen molar-refractivity contribution in [2.75, 3.05) is 14.2 Å². The first-order valence-electron chi connectivity index (χ1n) is 11.5. The Morgan fingerprint density at radius 3 is 2.61 bits per heavy atom. The number of methoxy groups -OCH3 is 1. The molecule has 4 rings (SSSR count). The molecule has 0 aliphatic carbocycles. The molecule has 36 heavy (non-hydrogen) atoms. The van der Waals surface area contributed by atoms with Gasteiger partial charge in [0.2, 0.25) is 0 Å². The number of rotatable bonds is 11. The molecule has 0 aliphatic rings. The average Bonchev–Trinajstić information content (AvgIpc) is 3.46. The molecule has 1 N–H and O–H groups in total. The van der Waals surface area contributed by atoms with E-state index in [1.54, 1.807) is 31.0 Å². The van der Waals surface area contributed by atoms with Crippen molar-refractivity contribution in [3.63, 3.8) is 0 Å². The van der Waals surface area contributed by atoms with Crippen LogP contribution in [0.15, 0.2) is 58.8 Å². The SMILES string of the molecule is CN[C@H](C)C(=O)CCc1cccc(Cn2nc(CS(=O)(=O)c3ccc(Cl)s3)c3c(OC)cccc32)c1. The van der Waals surface area contributed by atoms with Crippen LogP contribution in [-0.4, -0.2) is 44.2 Å². The van der Waals surface area contributed by atoms with Gasteiger partial charge in [-0.1, -0.05) is 41.9 Å². The fourth-order valence-electron chi connectivity index (χ4n) is 4.08. The largest absolute Gasteiger partial charge is 0.496 e. The van der Waals surface area contributed by atoms with Crippen LogP contribution in [0.25, 0.3) is 10.9 Å². The van der Waals surface area contributed by atoms with Crippen molar-refractivity contribution in [2.24, 2.45) is 0 Å². The van der Waals surface area contributed by atoms with Crippen molar-refractivity contribution in [1.29, 1.82) is 0 Å². The third-order valence-corrected chi connectivity index (χ3v) is 9.55. The quantitative estimate of drug-likeness (QED) is 0.288. The highest BCUT2D eigenvalue weighted by Crippen LogP contribution is 2.33. The highest BCUT2D eigenvalue weighted by Gasteiger charge is 2.24. The summed E-state index contributed by atoms with van der Waals surface area (Å²) in [5.41, 5.74) is 3.28. The lowest BCUT2D eigenvalue weighted by molar-refractivity contribution is -0.120. The zero-order valence-corrected chi connectivity index (χ0v) is 22.7. The number of nitrogens with zero attached hydrogens (tertiary/aromatic N) is 2. The monoisotopic (exact) mass is 545 g/mol. The summed E-state index contributed by atoms with van der Waals surface area (Å²) in [6, 6.07) is 16.5. The molecule has 0 aliphatic heterocycles. The molecule has 0 fully saturated rings. The van der Waals surface area contributed by atoms with Gasteiger partial charge in [-0.3, -0.25) is 9.48 Å². The fourth-order valence-corrected chi connectivity index (χ4v) is 6.93. The molecule has 2 aromatic carbocycles. The second-order valence-electron chi connectivity index (χ2n) is 8.57. The smallest absolute Gasteiger partial charge is 0.193 e. The lowest BCUT2D eigenvalue weighted by Crippen LogP contribution is -2.30. The van der Waals surface area contributed by atoms with Gasteiger partial charge in [-0.25, -0.2) is 8.42 Å². The highest BCUT2D eigenvalue weighted by atomic mass is 35.5. The number of fused-ring (bicyclic) bond motifs is 1. The minimum atomic E-state index is -3.63. The summed E-state index contributed by atoms with van der Waals surface area (Å²) < 4.78 is 34.2. The van der Waals surface area contributed by atoms with Crippen LogP contribution < -0.4 is 10.1 Å². The van der Waals surface area contributed by atoms with E-state index in [0.29, 0.717) is 40.6 Å². The van der Waals surface area contributed by atoms with Gasteiger partial charge in [-0.15, -0.1) is 11.3 Å². The second kappa shape index (κ2) is 11.1. The van der Waals surface area contributed by atoms with E-state index in [0.717, 1.165) is 28.0 Å². The van der Waals surface area contributed by atoms with Crippen molar-refractivity contribution in [3.05, 3.63) is 75.8 Å². The maximum absolute atomic E-state index is 13.1. The van der Waals surface area contributed by atoms with Gasteiger partial charge in [-0.2, -0.15) is 5.10 Å². The number of ketones is 1. The summed E-state index contributed by atoms with van der Waals surface area (Å²) in [6.07, 6.45) is 1.11. The number of carbonyl (C=O) groups excluding carboxylic acids is 1. The summed E-state index contributed by atoms with van der Waals surface area (Å²) >= 11 is 7.01. The molecule has 2 heterocycles. The van der Waals surface area contributed by atoms with Crippen molar-refractivity contribution < 1.29 is 17.9 Å². The standard InChI is InChI=1S/C26H28ClN3O4S2/c1-17(28-2)22(31)11-10-18-6-4-7-19(14-18)15-30-21-8-5-9-23(34-3)26(21)20(29-30)16-36(32,33)25-13-12-24(27)35-25/h4-9,12-14,17,28H,10-11,15-16H2,1-3H3/t17-/m1/s1. The number of aryl methyl sites for hydroxylation is 1. The van der Waals surface area contributed by atoms with Crippen molar-refractivity contribution >= 4 is 49.5 Å². The molecule has 0 bridgehead atoms. The lowest BCUT2D eigenvalue weighted by atomic mass is 10.0. The number of nitrogens with one attached hydrogen (secondary N) is 1. The van der Waals surface area contributed by atoms with E-state index in [4.69, 9.17) is 21.4 Å². The topological polar surface area (TPSA) is 90.3 Å². The van der Waals surface area contributed by atoms with Crippen LogP contribution in [-0.2, 0) is 33.4 Å². The number of ether oxygens (including phenoxy) is 1. The molecule has 7 nitrogen and oxygen atoms in total. The van der Waals surface area contributed by atoms with Crippen LogP contribution in [0.4, 0.5) is 0 Å². The molecule has 4 aromatic rings. The average molecular weight is 546 g/mol. The Hall–Kier alpha value is -2.72. The summed E-state index contributed by atoms with van der Waals surface area (Å²) in [7, 11) is -0.296. The van der Waals surface area contributed by atoms with Crippen LogP contribution in [0.3, 0.4) is 0 Å². The van der Waals surface area contributed by atoms with E-state index < -0.39 is 9.84 Å². The maximum atomic E-state index is 13.1. The summed E-state index contributed by atoms with van der Waals surface area (Å²) in [5.74, 6) is 0.476. The van der Waals surface area contributed by atoms with Gasteiger partial charge in [0.05, 0.1) is 40.6 Å². The lowest BCUT2D eigenvalue weighted by Gasteiger charge is -2.10.